The number of benzene rings is 1. The molecular formula is C16H20F2N2O4. The molecule has 1 aliphatic heterocycles. The van der Waals surface area contributed by atoms with E-state index in [-0.39, 0.29) is 24.0 Å². The third-order valence-corrected chi connectivity index (χ3v) is 3.80. The first-order valence-corrected chi connectivity index (χ1v) is 7.71. The number of urea groups is 1. The third-order valence-electron chi connectivity index (χ3n) is 3.80. The van der Waals surface area contributed by atoms with Gasteiger partial charge in [-0.15, -0.1) is 0 Å². The Morgan fingerprint density at radius 2 is 2.04 bits per heavy atom. The lowest BCUT2D eigenvalue weighted by Crippen LogP contribution is -2.45. The fourth-order valence-corrected chi connectivity index (χ4v) is 2.54. The summed E-state index contributed by atoms with van der Waals surface area (Å²) in [5.41, 5.74) is -0.360. The number of rotatable bonds is 4. The number of anilines is 1. The van der Waals surface area contributed by atoms with Crippen molar-refractivity contribution in [3.05, 3.63) is 29.3 Å². The molecule has 0 unspecified atom stereocenters. The smallest absolute Gasteiger partial charge is 0.340 e. The Labute approximate surface area is 138 Å². The van der Waals surface area contributed by atoms with Crippen LogP contribution in [-0.2, 0) is 9.47 Å². The van der Waals surface area contributed by atoms with E-state index in [4.69, 9.17) is 9.47 Å². The Kier molecular flexibility index (Phi) is 6.08. The molecule has 1 aromatic carbocycles. The maximum absolute atomic E-state index is 13.5. The first-order chi connectivity index (χ1) is 11.5. The van der Waals surface area contributed by atoms with Crippen molar-refractivity contribution in [1.29, 1.82) is 0 Å². The minimum absolute atomic E-state index is 0.0704. The molecule has 1 aliphatic rings. The van der Waals surface area contributed by atoms with Gasteiger partial charge in [0.2, 0.25) is 0 Å². The maximum atomic E-state index is 13.5. The van der Waals surface area contributed by atoms with Gasteiger partial charge in [0.05, 0.1) is 24.0 Å². The van der Waals surface area contributed by atoms with E-state index in [0.29, 0.717) is 13.1 Å². The molecule has 0 radical (unpaired) electrons. The molecule has 2 rings (SSSR count). The molecule has 0 spiro atoms. The second kappa shape index (κ2) is 8.05. The van der Waals surface area contributed by atoms with Crippen molar-refractivity contribution in [2.45, 2.75) is 25.9 Å². The molecule has 6 nitrogen and oxygen atoms in total. The lowest BCUT2D eigenvalue weighted by atomic mass is 10.1. The largest absolute Gasteiger partial charge is 0.462 e. The number of ether oxygens (including phenoxy) is 2. The van der Waals surface area contributed by atoms with Crippen molar-refractivity contribution in [2.75, 3.05) is 32.1 Å². The predicted octanol–water partition coefficient (Wildman–Crippen LogP) is 2.78. The molecule has 132 valence electrons. The number of nitrogens with one attached hydrogen (secondary N) is 1. The third kappa shape index (κ3) is 4.19. The van der Waals surface area contributed by atoms with E-state index < -0.39 is 23.6 Å². The van der Waals surface area contributed by atoms with Crippen LogP contribution in [0.2, 0.25) is 0 Å². The van der Waals surface area contributed by atoms with Crippen LogP contribution in [0.4, 0.5) is 19.3 Å². The molecule has 0 aliphatic carbocycles. The molecule has 1 saturated heterocycles. The number of piperidine rings is 1. The molecule has 1 N–H and O–H groups in total. The zero-order valence-electron chi connectivity index (χ0n) is 13.6. The lowest BCUT2D eigenvalue weighted by molar-refractivity contribution is 0.0457. The van der Waals surface area contributed by atoms with E-state index in [1.165, 1.54) is 4.90 Å². The molecule has 2 amide bonds. The minimum Gasteiger partial charge on any atom is -0.462 e. The van der Waals surface area contributed by atoms with Crippen LogP contribution in [0.3, 0.4) is 0 Å². The summed E-state index contributed by atoms with van der Waals surface area (Å²) >= 11 is 0. The SMILES string of the molecule is CCOC(=O)c1cc(F)c(F)cc1NC(=O)N1CCC[C@H](OC)C1. The Morgan fingerprint density at radius 1 is 1.33 bits per heavy atom. The van der Waals surface area contributed by atoms with Gasteiger partial charge in [-0.25, -0.2) is 18.4 Å². The summed E-state index contributed by atoms with van der Waals surface area (Å²) < 4.78 is 37.0. The number of methoxy groups -OCH3 is 1. The van der Waals surface area contributed by atoms with Gasteiger partial charge in [-0.05, 0) is 25.8 Å². The van der Waals surface area contributed by atoms with Crippen LogP contribution in [0.1, 0.15) is 30.1 Å². The monoisotopic (exact) mass is 342 g/mol. The van der Waals surface area contributed by atoms with Gasteiger partial charge in [0, 0.05) is 26.3 Å². The minimum atomic E-state index is -1.19. The summed E-state index contributed by atoms with van der Waals surface area (Å²) in [5.74, 6) is -3.18. The molecule has 1 heterocycles. The van der Waals surface area contributed by atoms with Crippen LogP contribution in [0.15, 0.2) is 12.1 Å². The van der Waals surface area contributed by atoms with Gasteiger partial charge < -0.3 is 19.7 Å². The number of halogens is 2. The van der Waals surface area contributed by atoms with Crippen LogP contribution < -0.4 is 5.32 Å². The summed E-state index contributed by atoms with van der Waals surface area (Å²) in [4.78, 5) is 25.7. The molecule has 0 aromatic heterocycles. The van der Waals surface area contributed by atoms with E-state index >= 15 is 0 Å². The van der Waals surface area contributed by atoms with Crippen molar-refractivity contribution in [3.63, 3.8) is 0 Å². The molecule has 0 saturated carbocycles. The highest BCUT2D eigenvalue weighted by atomic mass is 19.2. The van der Waals surface area contributed by atoms with Gasteiger partial charge in [-0.1, -0.05) is 0 Å². The molecule has 8 heteroatoms. The first-order valence-electron chi connectivity index (χ1n) is 7.71. The molecular weight excluding hydrogens is 322 g/mol. The fraction of sp³-hybridized carbons (Fsp3) is 0.500. The highest BCUT2D eigenvalue weighted by Crippen LogP contribution is 2.22. The van der Waals surface area contributed by atoms with Crippen molar-refractivity contribution in [3.8, 4) is 0 Å². The van der Waals surface area contributed by atoms with E-state index in [1.54, 1.807) is 14.0 Å². The van der Waals surface area contributed by atoms with Crippen LogP contribution in [0, 0.1) is 11.6 Å². The van der Waals surface area contributed by atoms with E-state index in [2.05, 4.69) is 5.32 Å². The quantitative estimate of drug-likeness (QED) is 0.855. The highest BCUT2D eigenvalue weighted by Gasteiger charge is 2.25. The van der Waals surface area contributed by atoms with Crippen molar-refractivity contribution in [1.82, 2.24) is 4.90 Å². The number of carbonyl (C=O) groups excluding carboxylic acids is 2. The average Bonchev–Trinajstić information content (AvgIpc) is 2.58. The summed E-state index contributed by atoms with van der Waals surface area (Å²) in [5, 5.41) is 2.46. The fourth-order valence-electron chi connectivity index (χ4n) is 2.54. The van der Waals surface area contributed by atoms with Gasteiger partial charge in [0.1, 0.15) is 0 Å². The normalized spacial score (nSPS) is 17.5. The van der Waals surface area contributed by atoms with Gasteiger partial charge in [0.15, 0.2) is 11.6 Å². The number of hydrogen-bond donors (Lipinski definition) is 1. The van der Waals surface area contributed by atoms with Gasteiger partial charge in [-0.2, -0.15) is 0 Å². The van der Waals surface area contributed by atoms with Gasteiger partial charge >= 0.3 is 12.0 Å². The Hall–Kier alpha value is -2.22. The number of amides is 2. The maximum Gasteiger partial charge on any atom is 0.340 e. The van der Waals surface area contributed by atoms with Crippen molar-refractivity contribution >= 4 is 17.7 Å². The summed E-state index contributed by atoms with van der Waals surface area (Å²) in [6.07, 6.45) is 1.55. The Bertz CT molecular complexity index is 624. The van der Waals surface area contributed by atoms with Crippen molar-refractivity contribution < 1.29 is 27.8 Å². The van der Waals surface area contributed by atoms with Crippen LogP contribution in [0.25, 0.3) is 0 Å². The average molecular weight is 342 g/mol. The standard InChI is InChI=1S/C16H20F2N2O4/c1-3-24-15(21)11-7-12(17)13(18)8-14(11)19-16(22)20-6-4-5-10(9-20)23-2/h7-8,10H,3-6,9H2,1-2H3,(H,19,22)/t10-/m0/s1. The Balaban J connectivity index is 2.19. The predicted molar refractivity (Wildman–Crippen MR) is 82.9 cm³/mol. The second-order valence-corrected chi connectivity index (χ2v) is 5.41. The number of hydrogen-bond acceptors (Lipinski definition) is 4. The molecule has 1 aromatic rings. The molecule has 0 bridgehead atoms. The van der Waals surface area contributed by atoms with E-state index in [0.717, 1.165) is 25.0 Å². The first kappa shape index (κ1) is 18.1. The number of carbonyl (C=O) groups is 2. The molecule has 24 heavy (non-hydrogen) atoms. The number of nitrogens with zero attached hydrogens (tertiary/aromatic N) is 1. The Morgan fingerprint density at radius 3 is 2.71 bits per heavy atom. The zero-order chi connectivity index (χ0) is 17.7. The van der Waals surface area contributed by atoms with Gasteiger partial charge in [-0.3, -0.25) is 0 Å². The summed E-state index contributed by atoms with van der Waals surface area (Å²) in [6.45, 7) is 2.58. The van der Waals surface area contributed by atoms with Crippen LogP contribution in [-0.4, -0.2) is 49.8 Å². The lowest BCUT2D eigenvalue weighted by Gasteiger charge is -2.32. The van der Waals surface area contributed by atoms with E-state index in [9.17, 15) is 18.4 Å². The number of likely N-dealkylation sites (tertiary alicyclic amines) is 1. The number of esters is 1. The van der Waals surface area contributed by atoms with E-state index in [1.807, 2.05) is 0 Å². The highest BCUT2D eigenvalue weighted by molar-refractivity contribution is 6.00. The topological polar surface area (TPSA) is 67.9 Å². The summed E-state index contributed by atoms with van der Waals surface area (Å²) in [7, 11) is 1.57. The van der Waals surface area contributed by atoms with Crippen molar-refractivity contribution in [2.24, 2.45) is 0 Å². The molecule has 1 atom stereocenters. The van der Waals surface area contributed by atoms with Crippen LogP contribution >= 0.6 is 0 Å². The second-order valence-electron chi connectivity index (χ2n) is 5.41. The van der Waals surface area contributed by atoms with Crippen LogP contribution in [0.5, 0.6) is 0 Å². The van der Waals surface area contributed by atoms with Gasteiger partial charge in [0.25, 0.3) is 0 Å². The zero-order valence-corrected chi connectivity index (χ0v) is 13.6. The summed E-state index contributed by atoms with van der Waals surface area (Å²) in [6, 6.07) is 0.988. The molecule has 1 fully saturated rings.